The molecule has 3 aliphatic heterocycles. The topological polar surface area (TPSA) is 74.4 Å². The molecule has 0 saturated carbocycles. The number of amides is 2. The summed E-state index contributed by atoms with van der Waals surface area (Å²) < 4.78 is 11.5. The largest absolute Gasteiger partial charge is 0.493 e. The van der Waals surface area contributed by atoms with Crippen LogP contribution in [0.15, 0.2) is 97.1 Å². The van der Waals surface area contributed by atoms with Gasteiger partial charge in [0.05, 0.1) is 6.61 Å². The number of rotatable bonds is 11. The normalized spacial score (nSPS) is 17.4. The monoisotopic (exact) mass is 706 g/mol. The number of carbonyl (C=O) groups excluding carboxylic acids is 2. The van der Waals surface area contributed by atoms with Gasteiger partial charge in [-0.25, -0.2) is 4.79 Å². The lowest BCUT2D eigenvalue weighted by Gasteiger charge is -2.40. The highest BCUT2D eigenvalue weighted by atomic mass is 35.5. The summed E-state index contributed by atoms with van der Waals surface area (Å²) in [6.45, 7) is 7.10. The number of benzene rings is 4. The van der Waals surface area contributed by atoms with Crippen molar-refractivity contribution in [2.45, 2.75) is 44.9 Å². The van der Waals surface area contributed by atoms with Crippen molar-refractivity contribution >= 4 is 23.6 Å². The maximum atomic E-state index is 14.2. The third-order valence-corrected chi connectivity index (χ3v) is 10.8. The van der Waals surface area contributed by atoms with Gasteiger partial charge < -0.3 is 24.6 Å². The number of para-hydroxylation sites is 1. The minimum atomic E-state index is -0.634. The van der Waals surface area contributed by atoms with Crippen molar-refractivity contribution < 1.29 is 19.1 Å². The Bertz CT molecular complexity index is 1770. The number of fused-ring (bicyclic) bond motifs is 1. The van der Waals surface area contributed by atoms with E-state index in [1.165, 1.54) is 27.8 Å². The van der Waals surface area contributed by atoms with Crippen LogP contribution in [0.1, 0.15) is 35.1 Å². The highest BCUT2D eigenvalue weighted by Crippen LogP contribution is 2.31. The third-order valence-electron chi connectivity index (χ3n) is 10.6. The molecular formula is C42H47ClN4O4. The maximum absolute atomic E-state index is 14.2. The second-order valence-electron chi connectivity index (χ2n) is 13.9. The van der Waals surface area contributed by atoms with Crippen molar-refractivity contribution in [2.75, 3.05) is 52.4 Å². The minimum absolute atomic E-state index is 0.0138. The van der Waals surface area contributed by atoms with Crippen molar-refractivity contribution in [3.63, 3.8) is 0 Å². The summed E-state index contributed by atoms with van der Waals surface area (Å²) in [7, 11) is 0. The lowest BCUT2D eigenvalue weighted by atomic mass is 9.88. The zero-order valence-electron chi connectivity index (χ0n) is 29.1. The van der Waals surface area contributed by atoms with Crippen LogP contribution in [0.2, 0.25) is 5.02 Å². The van der Waals surface area contributed by atoms with Crippen LogP contribution in [-0.4, -0.2) is 85.2 Å². The first-order valence-electron chi connectivity index (χ1n) is 18.3. The molecule has 0 radical (unpaired) electrons. The van der Waals surface area contributed by atoms with E-state index in [-0.39, 0.29) is 18.4 Å². The predicted molar refractivity (Wildman–Crippen MR) is 201 cm³/mol. The minimum Gasteiger partial charge on any atom is -0.493 e. The number of nitrogens with one attached hydrogen (secondary N) is 1. The first-order chi connectivity index (χ1) is 25.0. The Labute approximate surface area is 306 Å². The zero-order chi connectivity index (χ0) is 35.0. The Morgan fingerprint density at radius 1 is 0.824 bits per heavy atom. The van der Waals surface area contributed by atoms with Gasteiger partial charge in [-0.05, 0) is 78.2 Å². The van der Waals surface area contributed by atoms with Crippen LogP contribution < -0.4 is 10.1 Å². The van der Waals surface area contributed by atoms with Crippen LogP contribution >= 0.6 is 11.6 Å². The molecule has 9 heteroatoms. The molecule has 1 N–H and O–H groups in total. The number of piperidine rings is 1. The molecule has 51 heavy (non-hydrogen) atoms. The standard InChI is InChI=1S/C42H47ClN4O4/c43-37-14-15-38(32-10-5-2-6-11-32)35(28-37)18-22-45-20-16-33(17-21-45)39(44-42(49)51-30-31-8-3-1-4-9-31)41(48)47-25-23-46(24-26-47)29-36-13-7-12-34-19-27-50-40(34)36/h1-15,28,33,39H,16-27,29-30H2,(H,44,49)/t39-/m1/s1. The van der Waals surface area contributed by atoms with Gasteiger partial charge in [0.2, 0.25) is 5.91 Å². The molecular weight excluding hydrogens is 660 g/mol. The SMILES string of the molecule is O=C(N[C@@H](C(=O)N1CCN(Cc2cccc3c2OCC3)CC1)C1CCN(CCc2cc(Cl)ccc2-c2ccccc2)CC1)OCc1ccccc1. The smallest absolute Gasteiger partial charge is 0.408 e. The molecule has 3 heterocycles. The second-order valence-corrected chi connectivity index (χ2v) is 14.3. The molecule has 2 saturated heterocycles. The zero-order valence-corrected chi connectivity index (χ0v) is 29.9. The summed E-state index contributed by atoms with van der Waals surface area (Å²) in [5, 5.41) is 3.77. The van der Waals surface area contributed by atoms with Gasteiger partial charge in [0.25, 0.3) is 0 Å². The molecule has 266 valence electrons. The molecule has 7 rings (SSSR count). The second kappa shape index (κ2) is 16.8. The van der Waals surface area contributed by atoms with Crippen molar-refractivity contribution in [1.29, 1.82) is 0 Å². The fourth-order valence-corrected chi connectivity index (χ4v) is 7.90. The molecule has 0 unspecified atom stereocenters. The first-order valence-corrected chi connectivity index (χ1v) is 18.7. The van der Waals surface area contributed by atoms with E-state index in [0.717, 1.165) is 87.9 Å². The van der Waals surface area contributed by atoms with Gasteiger partial charge in [0.15, 0.2) is 0 Å². The van der Waals surface area contributed by atoms with Gasteiger partial charge >= 0.3 is 6.09 Å². The fourth-order valence-electron chi connectivity index (χ4n) is 7.70. The molecule has 0 aliphatic carbocycles. The average molecular weight is 707 g/mol. The van der Waals surface area contributed by atoms with Gasteiger partial charge in [-0.3, -0.25) is 9.69 Å². The Morgan fingerprint density at radius 2 is 1.57 bits per heavy atom. The Hall–Kier alpha value is -4.37. The number of hydrogen-bond acceptors (Lipinski definition) is 6. The molecule has 0 spiro atoms. The molecule has 0 bridgehead atoms. The van der Waals surface area contributed by atoms with E-state index in [1.807, 2.05) is 47.4 Å². The van der Waals surface area contributed by atoms with Crippen molar-refractivity contribution in [1.82, 2.24) is 20.0 Å². The summed E-state index contributed by atoms with van der Waals surface area (Å²) in [6, 6.07) is 32.0. The maximum Gasteiger partial charge on any atom is 0.408 e. The lowest BCUT2D eigenvalue weighted by Crippen LogP contribution is -2.58. The number of hydrogen-bond donors (Lipinski definition) is 1. The number of likely N-dealkylation sites (tertiary alicyclic amines) is 1. The molecule has 8 nitrogen and oxygen atoms in total. The summed E-state index contributed by atoms with van der Waals surface area (Å²) >= 11 is 6.43. The molecule has 1 atom stereocenters. The van der Waals surface area contributed by atoms with E-state index in [9.17, 15) is 9.59 Å². The van der Waals surface area contributed by atoms with E-state index in [0.29, 0.717) is 13.1 Å². The van der Waals surface area contributed by atoms with E-state index in [2.05, 4.69) is 69.7 Å². The van der Waals surface area contributed by atoms with Crippen LogP contribution in [0.4, 0.5) is 4.79 Å². The molecule has 3 aliphatic rings. The lowest BCUT2D eigenvalue weighted by molar-refractivity contribution is -0.137. The predicted octanol–water partition coefficient (Wildman–Crippen LogP) is 6.84. The highest BCUT2D eigenvalue weighted by molar-refractivity contribution is 6.30. The number of carbonyl (C=O) groups is 2. The van der Waals surface area contributed by atoms with Gasteiger partial charge in [-0.2, -0.15) is 0 Å². The number of halogens is 1. The highest BCUT2D eigenvalue weighted by Gasteiger charge is 2.37. The van der Waals surface area contributed by atoms with Crippen LogP contribution in [-0.2, 0) is 35.5 Å². The molecule has 0 aromatic heterocycles. The molecule has 2 amide bonds. The van der Waals surface area contributed by atoms with Crippen LogP contribution in [0.3, 0.4) is 0 Å². The number of nitrogens with zero attached hydrogens (tertiary/aromatic N) is 3. The summed E-state index contributed by atoms with van der Waals surface area (Å²) in [5.41, 5.74) is 7.03. The average Bonchev–Trinajstić information content (AvgIpc) is 3.67. The first kappa shape index (κ1) is 35.1. The Morgan fingerprint density at radius 3 is 2.33 bits per heavy atom. The number of alkyl carbamates (subject to hydrolysis) is 1. The van der Waals surface area contributed by atoms with Gasteiger partial charge in [0.1, 0.15) is 18.4 Å². The summed E-state index contributed by atoms with van der Waals surface area (Å²) in [6.07, 6.45) is 2.92. The molecule has 2 fully saturated rings. The summed E-state index contributed by atoms with van der Waals surface area (Å²) in [5.74, 6) is 1.04. The van der Waals surface area contributed by atoms with Gasteiger partial charge in [-0.1, -0.05) is 96.5 Å². The van der Waals surface area contributed by atoms with E-state index < -0.39 is 12.1 Å². The summed E-state index contributed by atoms with van der Waals surface area (Å²) in [4.78, 5) is 34.2. The van der Waals surface area contributed by atoms with Crippen molar-refractivity contribution in [3.05, 3.63) is 124 Å². The van der Waals surface area contributed by atoms with Crippen LogP contribution in [0.25, 0.3) is 11.1 Å². The van der Waals surface area contributed by atoms with Crippen LogP contribution in [0, 0.1) is 5.92 Å². The van der Waals surface area contributed by atoms with Gasteiger partial charge in [-0.15, -0.1) is 0 Å². The Balaban J connectivity index is 0.970. The van der Waals surface area contributed by atoms with Crippen LogP contribution in [0.5, 0.6) is 5.75 Å². The number of ether oxygens (including phenoxy) is 2. The van der Waals surface area contributed by atoms with Crippen molar-refractivity contribution in [2.24, 2.45) is 5.92 Å². The van der Waals surface area contributed by atoms with Gasteiger partial charge in [0, 0.05) is 56.3 Å². The van der Waals surface area contributed by atoms with Crippen molar-refractivity contribution in [3.8, 4) is 16.9 Å². The van der Waals surface area contributed by atoms with E-state index in [1.54, 1.807) is 0 Å². The quantitative estimate of drug-likeness (QED) is 0.184. The molecule has 4 aromatic carbocycles. The Kier molecular flexibility index (Phi) is 11.5. The molecule has 4 aromatic rings. The van der Waals surface area contributed by atoms with E-state index >= 15 is 0 Å². The number of piperazine rings is 1. The fraction of sp³-hybridized carbons (Fsp3) is 0.381. The van der Waals surface area contributed by atoms with E-state index in [4.69, 9.17) is 21.1 Å². The third kappa shape index (κ3) is 8.93.